The first kappa shape index (κ1) is 16.1. The molecule has 0 fully saturated rings. The van der Waals surface area contributed by atoms with Crippen LogP contribution in [0.3, 0.4) is 0 Å². The number of carbonyl (C=O) groups is 1. The van der Waals surface area contributed by atoms with E-state index >= 15 is 0 Å². The van der Waals surface area contributed by atoms with Crippen molar-refractivity contribution in [3.63, 3.8) is 0 Å². The lowest BCUT2D eigenvalue weighted by Gasteiger charge is -2.20. The molecule has 1 aromatic heterocycles. The van der Waals surface area contributed by atoms with Gasteiger partial charge >= 0.3 is 0 Å². The molecule has 26 heavy (non-hydrogen) atoms. The molecule has 6 nitrogen and oxygen atoms in total. The summed E-state index contributed by atoms with van der Waals surface area (Å²) >= 11 is 0. The molecule has 130 valence electrons. The Morgan fingerprint density at radius 1 is 1.08 bits per heavy atom. The number of benzene rings is 2. The van der Waals surface area contributed by atoms with Crippen molar-refractivity contribution < 1.29 is 9.53 Å². The highest BCUT2D eigenvalue weighted by molar-refractivity contribution is 5.96. The van der Waals surface area contributed by atoms with Gasteiger partial charge in [-0.3, -0.25) is 4.79 Å². The summed E-state index contributed by atoms with van der Waals surface area (Å²) < 4.78 is 5.25. The number of hydrogen-bond acceptors (Lipinski definition) is 5. The Labute approximate surface area is 151 Å². The van der Waals surface area contributed by atoms with E-state index in [0.29, 0.717) is 18.2 Å². The van der Waals surface area contributed by atoms with Crippen molar-refractivity contribution in [2.45, 2.75) is 12.6 Å². The highest BCUT2D eigenvalue weighted by Gasteiger charge is 2.23. The summed E-state index contributed by atoms with van der Waals surface area (Å²) in [6, 6.07) is 17.7. The fraction of sp³-hybridized carbons (Fsp3) is 0.150. The van der Waals surface area contributed by atoms with Crippen LogP contribution in [0, 0.1) is 0 Å². The first-order chi connectivity index (χ1) is 12.7. The summed E-state index contributed by atoms with van der Waals surface area (Å²) in [5.41, 5.74) is 3.38. The summed E-state index contributed by atoms with van der Waals surface area (Å²) in [5, 5.41) is 6.11. The van der Waals surface area contributed by atoms with Gasteiger partial charge in [0.05, 0.1) is 13.2 Å². The Balaban J connectivity index is 1.69. The molecule has 1 aliphatic heterocycles. The monoisotopic (exact) mass is 346 g/mol. The molecule has 1 atom stereocenters. The Morgan fingerprint density at radius 2 is 1.81 bits per heavy atom. The second-order valence-corrected chi connectivity index (χ2v) is 6.01. The van der Waals surface area contributed by atoms with Gasteiger partial charge in [-0.05, 0) is 23.3 Å². The third-order valence-corrected chi connectivity index (χ3v) is 4.37. The van der Waals surface area contributed by atoms with Crippen molar-refractivity contribution in [2.75, 3.05) is 12.4 Å². The SMILES string of the molecule is COc1ccc(C(Nc2ncc3c(n2)C(=O)NC3)c2ccccc2)cc1. The zero-order chi connectivity index (χ0) is 17.9. The molecule has 1 unspecified atom stereocenters. The fourth-order valence-corrected chi connectivity index (χ4v) is 2.99. The van der Waals surface area contributed by atoms with Crippen LogP contribution in [-0.4, -0.2) is 23.0 Å². The van der Waals surface area contributed by atoms with E-state index in [1.165, 1.54) is 0 Å². The molecular formula is C20H18N4O2. The van der Waals surface area contributed by atoms with Gasteiger partial charge in [-0.2, -0.15) is 0 Å². The second kappa shape index (κ2) is 6.84. The maximum atomic E-state index is 11.9. The van der Waals surface area contributed by atoms with E-state index in [9.17, 15) is 4.79 Å². The van der Waals surface area contributed by atoms with Gasteiger partial charge in [-0.15, -0.1) is 0 Å². The number of hydrogen-bond donors (Lipinski definition) is 2. The third kappa shape index (κ3) is 3.09. The van der Waals surface area contributed by atoms with Crippen LogP contribution in [-0.2, 0) is 6.54 Å². The Bertz CT molecular complexity index is 926. The number of anilines is 1. The van der Waals surface area contributed by atoms with Gasteiger partial charge in [-0.1, -0.05) is 42.5 Å². The van der Waals surface area contributed by atoms with Crippen LogP contribution in [0.4, 0.5) is 5.95 Å². The number of nitrogens with one attached hydrogen (secondary N) is 2. The maximum absolute atomic E-state index is 11.9. The van der Waals surface area contributed by atoms with Crippen LogP contribution in [0.2, 0.25) is 0 Å². The molecule has 0 aliphatic carbocycles. The lowest BCUT2D eigenvalue weighted by Crippen LogP contribution is -2.16. The van der Waals surface area contributed by atoms with Crippen LogP contribution >= 0.6 is 0 Å². The van der Waals surface area contributed by atoms with Crippen molar-refractivity contribution >= 4 is 11.9 Å². The number of amides is 1. The van der Waals surface area contributed by atoms with E-state index in [-0.39, 0.29) is 11.9 Å². The van der Waals surface area contributed by atoms with Crippen LogP contribution in [0.5, 0.6) is 5.75 Å². The predicted molar refractivity (Wildman–Crippen MR) is 98.1 cm³/mol. The lowest BCUT2D eigenvalue weighted by atomic mass is 9.99. The highest BCUT2D eigenvalue weighted by atomic mass is 16.5. The summed E-state index contributed by atoms with van der Waals surface area (Å²) in [6.45, 7) is 0.481. The number of methoxy groups -OCH3 is 1. The normalized spacial score (nSPS) is 13.7. The molecule has 0 saturated heterocycles. The molecule has 0 spiro atoms. The molecular weight excluding hydrogens is 328 g/mol. The number of aromatic nitrogens is 2. The van der Waals surface area contributed by atoms with E-state index in [1.807, 2.05) is 54.6 Å². The minimum absolute atomic E-state index is 0.148. The average Bonchev–Trinajstić information content (AvgIpc) is 3.07. The van der Waals surface area contributed by atoms with Crippen molar-refractivity contribution in [3.05, 3.63) is 83.2 Å². The summed E-state index contributed by atoms with van der Waals surface area (Å²) in [4.78, 5) is 20.6. The fourth-order valence-electron chi connectivity index (χ4n) is 2.99. The molecule has 2 aromatic carbocycles. The predicted octanol–water partition coefficient (Wildman–Crippen LogP) is 2.93. The quantitative estimate of drug-likeness (QED) is 0.743. The number of fused-ring (bicyclic) bond motifs is 1. The van der Waals surface area contributed by atoms with Gasteiger partial charge < -0.3 is 15.4 Å². The first-order valence-corrected chi connectivity index (χ1v) is 8.34. The summed E-state index contributed by atoms with van der Waals surface area (Å²) in [5.74, 6) is 1.06. The van der Waals surface area contributed by atoms with Crippen molar-refractivity contribution in [1.82, 2.24) is 15.3 Å². The van der Waals surface area contributed by atoms with Gasteiger partial charge in [0.15, 0.2) is 0 Å². The molecule has 4 rings (SSSR count). The second-order valence-electron chi connectivity index (χ2n) is 6.01. The first-order valence-electron chi connectivity index (χ1n) is 8.34. The molecule has 1 aliphatic rings. The average molecular weight is 346 g/mol. The Morgan fingerprint density at radius 3 is 2.54 bits per heavy atom. The zero-order valence-corrected chi connectivity index (χ0v) is 14.3. The minimum Gasteiger partial charge on any atom is -0.497 e. The van der Waals surface area contributed by atoms with E-state index in [1.54, 1.807) is 13.3 Å². The van der Waals surface area contributed by atoms with Crippen LogP contribution in [0.15, 0.2) is 60.8 Å². The number of nitrogens with zero attached hydrogens (tertiary/aromatic N) is 2. The number of rotatable bonds is 5. The smallest absolute Gasteiger partial charge is 0.270 e. The molecule has 0 bridgehead atoms. The largest absolute Gasteiger partial charge is 0.497 e. The zero-order valence-electron chi connectivity index (χ0n) is 14.3. The number of ether oxygens (including phenoxy) is 1. The molecule has 6 heteroatoms. The van der Waals surface area contributed by atoms with Crippen LogP contribution < -0.4 is 15.4 Å². The summed E-state index contributed by atoms with van der Waals surface area (Å²) in [6.07, 6.45) is 1.69. The van der Waals surface area contributed by atoms with E-state index in [0.717, 1.165) is 22.4 Å². The van der Waals surface area contributed by atoms with Crippen molar-refractivity contribution in [2.24, 2.45) is 0 Å². The van der Waals surface area contributed by atoms with E-state index in [4.69, 9.17) is 4.74 Å². The number of carbonyl (C=O) groups excluding carboxylic acids is 1. The van der Waals surface area contributed by atoms with Gasteiger partial charge in [-0.25, -0.2) is 9.97 Å². The Hall–Kier alpha value is -3.41. The van der Waals surface area contributed by atoms with Gasteiger partial charge in [0, 0.05) is 18.3 Å². The summed E-state index contributed by atoms with van der Waals surface area (Å²) in [7, 11) is 1.64. The Kier molecular flexibility index (Phi) is 4.23. The third-order valence-electron chi connectivity index (χ3n) is 4.37. The molecule has 0 radical (unpaired) electrons. The molecule has 3 aromatic rings. The van der Waals surface area contributed by atoms with Crippen molar-refractivity contribution in [1.29, 1.82) is 0 Å². The van der Waals surface area contributed by atoms with E-state index in [2.05, 4.69) is 20.6 Å². The molecule has 2 heterocycles. The highest BCUT2D eigenvalue weighted by Crippen LogP contribution is 2.27. The molecule has 2 N–H and O–H groups in total. The van der Waals surface area contributed by atoms with Crippen molar-refractivity contribution in [3.8, 4) is 5.75 Å². The van der Waals surface area contributed by atoms with E-state index < -0.39 is 0 Å². The minimum atomic E-state index is -0.161. The van der Waals surface area contributed by atoms with Crippen LogP contribution in [0.1, 0.15) is 33.2 Å². The van der Waals surface area contributed by atoms with Gasteiger partial charge in [0.2, 0.25) is 5.95 Å². The molecule has 1 amide bonds. The maximum Gasteiger partial charge on any atom is 0.270 e. The molecule has 0 saturated carbocycles. The topological polar surface area (TPSA) is 76.1 Å². The van der Waals surface area contributed by atoms with Crippen LogP contribution in [0.25, 0.3) is 0 Å². The van der Waals surface area contributed by atoms with Gasteiger partial charge in [0.1, 0.15) is 11.4 Å². The standard InChI is InChI=1S/C20H18N4O2/c1-26-16-9-7-14(8-10-16)17(13-5-3-2-4-6-13)23-20-22-12-15-11-21-19(25)18(15)24-20/h2-10,12,17H,11H2,1H3,(H,21,25)(H,22,23,24). The van der Waals surface area contributed by atoms with Gasteiger partial charge in [0.25, 0.3) is 5.91 Å². The lowest BCUT2D eigenvalue weighted by molar-refractivity contribution is 0.0961.